The molecule has 0 aliphatic carbocycles. The minimum absolute atomic E-state index is 0.157. The number of sulfonamides is 2. The van der Waals surface area contributed by atoms with Crippen molar-refractivity contribution in [1.29, 1.82) is 0 Å². The first-order chi connectivity index (χ1) is 22.4. The fraction of sp³-hybridized carbons (Fsp3) is 0.613. The summed E-state index contributed by atoms with van der Waals surface area (Å²) in [7, 11) is -7.32. The summed E-state index contributed by atoms with van der Waals surface area (Å²) >= 11 is 15.9. The smallest absolute Gasteiger partial charge is 0.315 e. The minimum Gasteiger partial charge on any atom is -0.370 e. The van der Waals surface area contributed by atoms with Crippen molar-refractivity contribution >= 4 is 70.9 Å². The van der Waals surface area contributed by atoms with Gasteiger partial charge in [-0.15, -0.1) is 0 Å². The molecule has 3 saturated heterocycles. The van der Waals surface area contributed by atoms with E-state index in [2.05, 4.69) is 36.4 Å². The number of carbonyl (C=O) groups excluding carboxylic acids is 1. The maximum atomic E-state index is 13.3. The highest BCUT2D eigenvalue weighted by molar-refractivity contribution is 9.10. The second kappa shape index (κ2) is 15.9. The van der Waals surface area contributed by atoms with Crippen molar-refractivity contribution in [3.8, 4) is 0 Å². The third-order valence-electron chi connectivity index (χ3n) is 9.54. The summed E-state index contributed by atoms with van der Waals surface area (Å²) in [6.07, 6.45) is 9.05. The van der Waals surface area contributed by atoms with Crippen LogP contribution in [0.1, 0.15) is 58.3 Å². The van der Waals surface area contributed by atoms with Gasteiger partial charge in [-0.1, -0.05) is 42.5 Å². The van der Waals surface area contributed by atoms with Crippen LogP contribution in [0.2, 0.25) is 10.2 Å². The van der Waals surface area contributed by atoms with Crippen LogP contribution in [0.25, 0.3) is 0 Å². The Morgan fingerprint density at radius 3 is 2.13 bits per heavy atom. The van der Waals surface area contributed by atoms with Crippen molar-refractivity contribution in [3.63, 3.8) is 0 Å². The molecule has 2 amide bonds. The second-order valence-electron chi connectivity index (χ2n) is 12.6. The number of piperidine rings is 2. The molecular weight excluding hydrogens is 751 g/mol. The topological polar surface area (TPSA) is 132 Å². The summed E-state index contributed by atoms with van der Waals surface area (Å²) in [6.45, 7) is 5.66. The number of amides is 2. The van der Waals surface area contributed by atoms with Crippen LogP contribution in [-0.4, -0.2) is 88.3 Å². The molecule has 0 spiro atoms. The Balaban J connectivity index is 1.04. The Labute approximate surface area is 297 Å². The number of urea groups is 1. The Hall–Kier alpha value is -1.68. The third kappa shape index (κ3) is 8.92. The van der Waals surface area contributed by atoms with E-state index in [1.54, 1.807) is 16.4 Å². The Morgan fingerprint density at radius 1 is 0.894 bits per heavy atom. The zero-order chi connectivity index (χ0) is 33.8. The molecule has 47 heavy (non-hydrogen) atoms. The van der Waals surface area contributed by atoms with Gasteiger partial charge in [0.15, 0.2) is 0 Å². The van der Waals surface area contributed by atoms with Crippen LogP contribution in [0, 0.1) is 11.8 Å². The van der Waals surface area contributed by atoms with Gasteiger partial charge >= 0.3 is 6.03 Å². The number of nitrogens with one attached hydrogen (secondary N) is 2. The number of aromatic nitrogens is 1. The van der Waals surface area contributed by atoms with Crippen molar-refractivity contribution in [1.82, 2.24) is 24.2 Å². The van der Waals surface area contributed by atoms with E-state index in [4.69, 9.17) is 23.2 Å². The summed E-state index contributed by atoms with van der Waals surface area (Å²) in [4.78, 5) is 18.4. The summed E-state index contributed by atoms with van der Waals surface area (Å²) in [5.74, 6) is 1.14. The lowest BCUT2D eigenvalue weighted by molar-refractivity contribution is 0.238. The molecule has 3 aliphatic rings. The number of pyridine rings is 1. The van der Waals surface area contributed by atoms with Crippen molar-refractivity contribution in [2.45, 2.75) is 74.1 Å². The number of rotatable bonds is 11. The predicted molar refractivity (Wildman–Crippen MR) is 188 cm³/mol. The van der Waals surface area contributed by atoms with Crippen molar-refractivity contribution in [2.24, 2.45) is 11.8 Å². The molecule has 0 bridgehead atoms. The molecule has 0 radical (unpaired) electrons. The molecule has 260 valence electrons. The highest BCUT2D eigenvalue weighted by Crippen LogP contribution is 2.35. The number of benzene rings is 1. The fourth-order valence-corrected chi connectivity index (χ4v) is 10.7. The van der Waals surface area contributed by atoms with Crippen LogP contribution in [0.3, 0.4) is 0 Å². The SMILES string of the molecule is CCNC(=O)NC1CCN(S(=O)(=O)c2ccc(N3CCC(CCCC4CCN(S(=O)(=O)c5cnc(Cl)c(Br)c5)CC4)CC3)c(Cl)c2)C1. The van der Waals surface area contributed by atoms with Gasteiger partial charge in [0.25, 0.3) is 0 Å². The maximum Gasteiger partial charge on any atom is 0.315 e. The number of hydrogen-bond donors (Lipinski definition) is 2. The molecule has 11 nitrogen and oxygen atoms in total. The molecule has 0 saturated carbocycles. The van der Waals surface area contributed by atoms with E-state index in [0.29, 0.717) is 53.9 Å². The fourth-order valence-electron chi connectivity index (χ4n) is 6.80. The first kappa shape index (κ1) is 36.6. The van der Waals surface area contributed by atoms with Crippen LogP contribution in [-0.2, 0) is 20.0 Å². The van der Waals surface area contributed by atoms with E-state index in [0.717, 1.165) is 63.7 Å². The Bertz CT molecular complexity index is 1630. The maximum absolute atomic E-state index is 13.3. The van der Waals surface area contributed by atoms with Gasteiger partial charge < -0.3 is 15.5 Å². The zero-order valence-electron chi connectivity index (χ0n) is 26.5. The first-order valence-corrected chi connectivity index (χ1v) is 20.7. The molecule has 5 rings (SSSR count). The van der Waals surface area contributed by atoms with Crippen molar-refractivity contribution < 1.29 is 21.6 Å². The van der Waals surface area contributed by atoms with Gasteiger partial charge in [-0.05, 0) is 91.1 Å². The average molecular weight is 795 g/mol. The van der Waals surface area contributed by atoms with Crippen LogP contribution in [0.5, 0.6) is 0 Å². The number of carbonyl (C=O) groups is 1. The van der Waals surface area contributed by atoms with Gasteiger partial charge in [-0.3, -0.25) is 0 Å². The lowest BCUT2D eigenvalue weighted by Gasteiger charge is -2.35. The molecule has 1 atom stereocenters. The zero-order valence-corrected chi connectivity index (χ0v) is 31.2. The third-order valence-corrected chi connectivity index (χ3v) is 14.7. The quantitative estimate of drug-likeness (QED) is 0.279. The molecular formula is C31H43BrCl2N6O5S2. The Morgan fingerprint density at radius 2 is 1.51 bits per heavy atom. The molecule has 1 aromatic carbocycles. The number of anilines is 1. The van der Waals surface area contributed by atoms with E-state index in [9.17, 15) is 21.6 Å². The van der Waals surface area contributed by atoms with E-state index in [1.807, 2.05) is 13.0 Å². The number of hydrogen-bond acceptors (Lipinski definition) is 7. The van der Waals surface area contributed by atoms with Gasteiger partial charge in [0.2, 0.25) is 20.0 Å². The summed E-state index contributed by atoms with van der Waals surface area (Å²) in [5, 5.41) is 6.17. The molecule has 1 unspecified atom stereocenters. The molecule has 3 fully saturated rings. The normalized spacial score (nSPS) is 20.9. The van der Waals surface area contributed by atoms with Gasteiger partial charge in [0, 0.05) is 58.1 Å². The molecule has 2 N–H and O–H groups in total. The number of nitrogens with zero attached hydrogens (tertiary/aromatic N) is 4. The van der Waals surface area contributed by atoms with E-state index >= 15 is 0 Å². The lowest BCUT2D eigenvalue weighted by atomic mass is 9.87. The molecule has 1 aromatic heterocycles. The van der Waals surface area contributed by atoms with Crippen LogP contribution in [0.15, 0.2) is 44.7 Å². The molecule has 4 heterocycles. The lowest BCUT2D eigenvalue weighted by Crippen LogP contribution is -2.43. The second-order valence-corrected chi connectivity index (χ2v) is 18.1. The van der Waals surface area contributed by atoms with Crippen LogP contribution < -0.4 is 15.5 Å². The van der Waals surface area contributed by atoms with E-state index < -0.39 is 20.0 Å². The highest BCUT2D eigenvalue weighted by atomic mass is 79.9. The molecule has 16 heteroatoms. The summed E-state index contributed by atoms with van der Waals surface area (Å²) in [6, 6.07) is 5.98. The van der Waals surface area contributed by atoms with Gasteiger partial charge in [0.1, 0.15) is 10.0 Å². The molecule has 2 aromatic rings. The van der Waals surface area contributed by atoms with Gasteiger partial charge in [-0.25, -0.2) is 26.6 Å². The summed E-state index contributed by atoms with van der Waals surface area (Å²) < 4.78 is 56.2. The van der Waals surface area contributed by atoms with Crippen molar-refractivity contribution in [3.05, 3.63) is 45.1 Å². The predicted octanol–water partition coefficient (Wildman–Crippen LogP) is 5.72. The highest BCUT2D eigenvalue weighted by Gasteiger charge is 2.34. The minimum atomic E-state index is -3.73. The number of halogens is 3. The largest absolute Gasteiger partial charge is 0.370 e. The van der Waals surface area contributed by atoms with Crippen LogP contribution >= 0.6 is 39.1 Å². The van der Waals surface area contributed by atoms with Gasteiger partial charge in [-0.2, -0.15) is 8.61 Å². The standard InChI is InChI=1S/C31H43BrCl2N6O5S2/c1-2-35-31(41)37-24-12-17-40(21-24)46(42,43)25-6-7-29(28(33)19-25)38-13-8-22(9-14-38)4-3-5-23-10-15-39(16-11-23)47(44,45)26-18-27(32)30(34)36-20-26/h6-7,18-20,22-24H,2-5,8-17,21H2,1H3,(H2,35,37,41). The first-order valence-electron chi connectivity index (χ1n) is 16.3. The van der Waals surface area contributed by atoms with Crippen molar-refractivity contribution in [2.75, 3.05) is 50.7 Å². The summed E-state index contributed by atoms with van der Waals surface area (Å²) in [5.41, 5.74) is 0.852. The monoisotopic (exact) mass is 792 g/mol. The van der Waals surface area contributed by atoms with Gasteiger partial charge in [0.05, 0.1) is 20.1 Å². The van der Waals surface area contributed by atoms with E-state index in [1.165, 1.54) is 16.6 Å². The molecule has 3 aliphatic heterocycles. The van der Waals surface area contributed by atoms with Crippen LogP contribution in [0.4, 0.5) is 10.5 Å². The Kier molecular flexibility index (Phi) is 12.4. The average Bonchev–Trinajstić information content (AvgIpc) is 3.52. The van der Waals surface area contributed by atoms with E-state index in [-0.39, 0.29) is 33.6 Å².